The van der Waals surface area contributed by atoms with Gasteiger partial charge in [0, 0.05) is 11.5 Å². The van der Waals surface area contributed by atoms with Crippen molar-refractivity contribution < 1.29 is 19.4 Å². The van der Waals surface area contributed by atoms with E-state index >= 15 is 0 Å². The van der Waals surface area contributed by atoms with Crippen LogP contribution >= 0.6 is 11.6 Å². The van der Waals surface area contributed by atoms with Gasteiger partial charge < -0.3 is 9.84 Å². The molecule has 90 valence electrons. The van der Waals surface area contributed by atoms with E-state index in [1.807, 2.05) is 6.92 Å². The lowest BCUT2D eigenvalue weighted by Crippen LogP contribution is -2.10. The number of rotatable bonds is 3. The zero-order valence-electron chi connectivity index (χ0n) is 9.20. The maximum atomic E-state index is 11.7. The molecule has 1 aromatic rings. The topological polar surface area (TPSA) is 63.6 Å². The summed E-state index contributed by atoms with van der Waals surface area (Å²) < 4.78 is 5.05. The molecular weight excluding hydrogens is 244 g/mol. The summed E-state index contributed by atoms with van der Waals surface area (Å²) in [6.07, 6.45) is 0.648. The minimum Gasteiger partial charge on any atom is -0.480 e. The smallest absolute Gasteiger partial charge is 0.341 e. The first-order valence-electron chi connectivity index (χ1n) is 5.20. The lowest BCUT2D eigenvalue weighted by Gasteiger charge is -2.07. The molecule has 0 saturated carbocycles. The quantitative estimate of drug-likeness (QED) is 0.898. The van der Waals surface area contributed by atoms with Crippen molar-refractivity contribution in [3.63, 3.8) is 0 Å². The molecule has 0 spiro atoms. The van der Waals surface area contributed by atoms with E-state index in [1.54, 1.807) is 12.1 Å². The lowest BCUT2D eigenvalue weighted by molar-refractivity contribution is -0.139. The van der Waals surface area contributed by atoms with Crippen LogP contribution in [0.1, 0.15) is 22.8 Å². The van der Waals surface area contributed by atoms with E-state index in [-0.39, 0.29) is 16.7 Å². The summed E-state index contributed by atoms with van der Waals surface area (Å²) >= 11 is 5.93. The Bertz CT molecular complexity index is 496. The first-order valence-corrected chi connectivity index (χ1v) is 5.58. The van der Waals surface area contributed by atoms with Crippen LogP contribution in [-0.2, 0) is 11.2 Å². The van der Waals surface area contributed by atoms with Crippen molar-refractivity contribution in [3.8, 4) is 5.75 Å². The first-order chi connectivity index (χ1) is 7.99. The van der Waals surface area contributed by atoms with Crippen molar-refractivity contribution in [1.82, 2.24) is 0 Å². The van der Waals surface area contributed by atoms with Gasteiger partial charge in [0.1, 0.15) is 5.75 Å². The van der Waals surface area contributed by atoms with Crippen molar-refractivity contribution >= 4 is 23.4 Å². The van der Waals surface area contributed by atoms with Crippen molar-refractivity contribution in [1.29, 1.82) is 0 Å². The lowest BCUT2D eigenvalue weighted by atomic mass is 10.1. The van der Waals surface area contributed by atoms with Gasteiger partial charge in [-0.25, -0.2) is 4.79 Å². The highest BCUT2D eigenvalue weighted by Gasteiger charge is 2.28. The molecule has 1 aliphatic rings. The fourth-order valence-electron chi connectivity index (χ4n) is 1.93. The number of hydrogen-bond acceptors (Lipinski definition) is 3. The molecule has 5 heteroatoms. The maximum absolute atomic E-state index is 11.7. The van der Waals surface area contributed by atoms with E-state index in [2.05, 4.69) is 0 Å². The summed E-state index contributed by atoms with van der Waals surface area (Å²) in [6, 6.07) is 3.21. The van der Waals surface area contributed by atoms with Gasteiger partial charge in [-0.15, -0.1) is 0 Å². The molecule has 4 nitrogen and oxygen atoms in total. The molecular formula is C12H11ClO4. The molecule has 0 bridgehead atoms. The minimum atomic E-state index is -1.06. The first kappa shape index (κ1) is 11.9. The Labute approximate surface area is 103 Å². The molecule has 1 aliphatic carbocycles. The van der Waals surface area contributed by atoms with Crippen LogP contribution in [0.25, 0.3) is 0 Å². The van der Waals surface area contributed by atoms with Crippen molar-refractivity contribution in [2.45, 2.75) is 13.3 Å². The Morgan fingerprint density at radius 1 is 1.59 bits per heavy atom. The summed E-state index contributed by atoms with van der Waals surface area (Å²) in [4.78, 5) is 22.1. The zero-order chi connectivity index (χ0) is 12.6. The number of carbonyl (C=O) groups is 2. The monoisotopic (exact) mass is 254 g/mol. The molecule has 0 fully saturated rings. The van der Waals surface area contributed by atoms with Crippen LogP contribution in [0.2, 0.25) is 5.02 Å². The summed E-state index contributed by atoms with van der Waals surface area (Å²) in [6.45, 7) is 1.41. The van der Waals surface area contributed by atoms with Crippen molar-refractivity contribution in [2.75, 3.05) is 6.61 Å². The summed E-state index contributed by atoms with van der Waals surface area (Å²) in [5, 5.41) is 8.79. The van der Waals surface area contributed by atoms with Crippen molar-refractivity contribution in [3.05, 3.63) is 28.3 Å². The average Bonchev–Trinajstić information content (AvgIpc) is 2.52. The second-order valence-corrected chi connectivity index (χ2v) is 4.50. The summed E-state index contributed by atoms with van der Waals surface area (Å²) in [7, 11) is 0. The van der Waals surface area contributed by atoms with Gasteiger partial charge in [-0.05, 0) is 24.1 Å². The van der Waals surface area contributed by atoms with Gasteiger partial charge in [0.15, 0.2) is 12.4 Å². The third-order valence-corrected chi connectivity index (χ3v) is 3.04. The van der Waals surface area contributed by atoms with Gasteiger partial charge in [0.2, 0.25) is 0 Å². The molecule has 0 radical (unpaired) electrons. The number of hydrogen-bond donors (Lipinski definition) is 1. The zero-order valence-corrected chi connectivity index (χ0v) is 9.95. The molecule has 0 aliphatic heterocycles. The Balaban J connectivity index is 2.30. The Morgan fingerprint density at radius 2 is 2.29 bits per heavy atom. The highest BCUT2D eigenvalue weighted by Crippen LogP contribution is 2.34. The number of ketones is 1. The number of benzene rings is 1. The SMILES string of the molecule is CC1Cc2cc(OCC(=O)O)c(Cl)cc2C1=O. The molecule has 1 atom stereocenters. The number of carboxylic acids is 1. The van der Waals surface area contributed by atoms with Gasteiger partial charge in [-0.3, -0.25) is 4.79 Å². The summed E-state index contributed by atoms with van der Waals surface area (Å²) in [5.74, 6) is -0.719. The maximum Gasteiger partial charge on any atom is 0.341 e. The van der Waals surface area contributed by atoms with Gasteiger partial charge in [0.05, 0.1) is 5.02 Å². The molecule has 1 N–H and O–H groups in total. The van der Waals surface area contributed by atoms with E-state index in [0.29, 0.717) is 17.7 Å². The standard InChI is InChI=1S/C12H11ClO4/c1-6-2-7-3-10(17-5-11(14)15)9(13)4-8(7)12(6)16/h3-4,6H,2,5H2,1H3,(H,14,15). The van der Waals surface area contributed by atoms with Crippen LogP contribution in [0, 0.1) is 5.92 Å². The molecule has 0 aromatic heterocycles. The van der Waals surface area contributed by atoms with Crippen LogP contribution in [-0.4, -0.2) is 23.5 Å². The molecule has 1 aromatic carbocycles. The number of fused-ring (bicyclic) bond motifs is 1. The predicted octanol–water partition coefficient (Wildman–Crippen LogP) is 2.18. The van der Waals surface area contributed by atoms with E-state index in [1.165, 1.54) is 0 Å². The predicted molar refractivity (Wildman–Crippen MR) is 61.8 cm³/mol. The van der Waals surface area contributed by atoms with Crippen LogP contribution in [0.15, 0.2) is 12.1 Å². The average molecular weight is 255 g/mol. The second kappa shape index (κ2) is 4.37. The summed E-state index contributed by atoms with van der Waals surface area (Å²) in [5.41, 5.74) is 1.48. The van der Waals surface area contributed by atoms with Crippen LogP contribution in [0.5, 0.6) is 5.75 Å². The molecule has 1 unspecified atom stereocenters. The molecule has 2 rings (SSSR count). The van der Waals surface area contributed by atoms with Gasteiger partial charge in [-0.1, -0.05) is 18.5 Å². The normalized spacial score (nSPS) is 18.0. The van der Waals surface area contributed by atoms with Crippen LogP contribution in [0.4, 0.5) is 0 Å². The third-order valence-electron chi connectivity index (χ3n) is 2.75. The highest BCUT2D eigenvalue weighted by atomic mass is 35.5. The van der Waals surface area contributed by atoms with Gasteiger partial charge in [-0.2, -0.15) is 0 Å². The number of Topliss-reactive ketones (excluding diaryl/α,β-unsaturated/α-hetero) is 1. The number of halogens is 1. The number of carboxylic acid groups (broad SMARTS) is 1. The van der Waals surface area contributed by atoms with Gasteiger partial charge >= 0.3 is 5.97 Å². The van der Waals surface area contributed by atoms with E-state index in [9.17, 15) is 9.59 Å². The number of aliphatic carboxylic acids is 1. The molecule has 17 heavy (non-hydrogen) atoms. The van der Waals surface area contributed by atoms with E-state index < -0.39 is 12.6 Å². The largest absolute Gasteiger partial charge is 0.480 e. The Kier molecular flexibility index (Phi) is 3.07. The minimum absolute atomic E-state index is 0.0456. The third kappa shape index (κ3) is 2.26. The second-order valence-electron chi connectivity index (χ2n) is 4.09. The molecule has 0 amide bonds. The van der Waals surface area contributed by atoms with Crippen LogP contribution < -0.4 is 4.74 Å². The fraction of sp³-hybridized carbons (Fsp3) is 0.333. The number of carbonyl (C=O) groups excluding carboxylic acids is 1. The fourth-order valence-corrected chi connectivity index (χ4v) is 2.15. The molecule has 0 heterocycles. The van der Waals surface area contributed by atoms with E-state index in [0.717, 1.165) is 5.56 Å². The van der Waals surface area contributed by atoms with Crippen molar-refractivity contribution in [2.24, 2.45) is 5.92 Å². The molecule has 0 saturated heterocycles. The highest BCUT2D eigenvalue weighted by molar-refractivity contribution is 6.32. The van der Waals surface area contributed by atoms with Crippen LogP contribution in [0.3, 0.4) is 0 Å². The Hall–Kier alpha value is -1.55. The van der Waals surface area contributed by atoms with E-state index in [4.69, 9.17) is 21.4 Å². The van der Waals surface area contributed by atoms with Gasteiger partial charge in [0.25, 0.3) is 0 Å². The number of ether oxygens (including phenoxy) is 1. The Morgan fingerprint density at radius 3 is 2.94 bits per heavy atom.